The van der Waals surface area contributed by atoms with Crippen molar-refractivity contribution >= 4 is 40.2 Å². The molecule has 0 spiro atoms. The molecule has 1 aliphatic carbocycles. The third kappa shape index (κ3) is 4.00. The predicted molar refractivity (Wildman–Crippen MR) is 136 cm³/mol. The van der Waals surface area contributed by atoms with E-state index in [1.807, 2.05) is 34.9 Å². The molecule has 1 fully saturated rings. The average Bonchev–Trinajstić information content (AvgIpc) is 3.49. The SMILES string of the molecule is O=C(O)c1cccc2c1ncn2-c1ccc(OCc2c(-c3c(Cl)cccc3Cl)noc2C2CC2)cc1. The lowest BCUT2D eigenvalue weighted by Crippen LogP contribution is -2.00. The van der Waals surface area contributed by atoms with E-state index in [1.54, 1.807) is 36.7 Å². The number of para-hydroxylation sites is 1. The fourth-order valence-electron chi connectivity index (χ4n) is 4.32. The van der Waals surface area contributed by atoms with Gasteiger partial charge in [0.2, 0.25) is 0 Å². The second kappa shape index (κ2) is 9.00. The van der Waals surface area contributed by atoms with Crippen molar-refractivity contribution < 1.29 is 19.2 Å². The van der Waals surface area contributed by atoms with E-state index in [2.05, 4.69) is 10.1 Å². The Kier molecular flexibility index (Phi) is 5.66. The van der Waals surface area contributed by atoms with E-state index in [0.717, 1.165) is 29.9 Å². The maximum Gasteiger partial charge on any atom is 0.337 e. The number of imidazole rings is 1. The maximum atomic E-state index is 11.5. The first-order valence-electron chi connectivity index (χ1n) is 11.4. The van der Waals surface area contributed by atoms with Crippen LogP contribution in [0.15, 0.2) is 71.5 Å². The monoisotopic (exact) mass is 519 g/mol. The van der Waals surface area contributed by atoms with Crippen LogP contribution in [0.2, 0.25) is 10.0 Å². The molecule has 0 radical (unpaired) electrons. The molecule has 7 nitrogen and oxygen atoms in total. The summed E-state index contributed by atoms with van der Waals surface area (Å²) in [6.07, 6.45) is 3.72. The molecule has 0 aliphatic heterocycles. The summed E-state index contributed by atoms with van der Waals surface area (Å²) >= 11 is 12.9. The Labute approximate surface area is 215 Å². The number of ether oxygens (including phenoxy) is 1. The molecule has 0 atom stereocenters. The van der Waals surface area contributed by atoms with Gasteiger partial charge in [-0.2, -0.15) is 0 Å². The van der Waals surface area contributed by atoms with Gasteiger partial charge in [0.15, 0.2) is 0 Å². The minimum absolute atomic E-state index is 0.167. The highest BCUT2D eigenvalue weighted by Gasteiger charge is 2.33. The number of aromatic carboxylic acids is 1. The van der Waals surface area contributed by atoms with Crippen molar-refractivity contribution in [2.75, 3.05) is 0 Å². The van der Waals surface area contributed by atoms with Crippen molar-refractivity contribution in [1.82, 2.24) is 14.7 Å². The molecule has 1 aliphatic rings. The van der Waals surface area contributed by atoms with E-state index in [4.69, 9.17) is 32.5 Å². The van der Waals surface area contributed by atoms with Crippen molar-refractivity contribution in [3.05, 3.63) is 93.9 Å². The summed E-state index contributed by atoms with van der Waals surface area (Å²) in [5, 5.41) is 14.7. The van der Waals surface area contributed by atoms with Gasteiger partial charge < -0.3 is 14.4 Å². The summed E-state index contributed by atoms with van der Waals surface area (Å²) in [6, 6.07) is 17.9. The Morgan fingerprint density at radius 2 is 1.78 bits per heavy atom. The number of benzene rings is 3. The Morgan fingerprint density at radius 1 is 1.06 bits per heavy atom. The van der Waals surface area contributed by atoms with Crippen LogP contribution in [-0.2, 0) is 6.61 Å². The minimum Gasteiger partial charge on any atom is -0.489 e. The van der Waals surface area contributed by atoms with E-state index in [1.165, 1.54) is 0 Å². The number of halogens is 2. The molecule has 180 valence electrons. The number of carboxylic acids is 1. The lowest BCUT2D eigenvalue weighted by atomic mass is 10.0. The van der Waals surface area contributed by atoms with Crippen molar-refractivity contribution in [2.24, 2.45) is 0 Å². The van der Waals surface area contributed by atoms with Gasteiger partial charge in [0, 0.05) is 17.2 Å². The molecule has 2 aromatic heterocycles. The number of aromatic nitrogens is 3. The first-order chi connectivity index (χ1) is 17.5. The lowest BCUT2D eigenvalue weighted by Gasteiger charge is -2.10. The van der Waals surface area contributed by atoms with Gasteiger partial charge in [0.05, 0.1) is 26.7 Å². The number of hydrogen-bond acceptors (Lipinski definition) is 5. The number of carbonyl (C=O) groups is 1. The quantitative estimate of drug-likeness (QED) is 0.245. The molecule has 5 aromatic rings. The summed E-state index contributed by atoms with van der Waals surface area (Å²) < 4.78 is 13.7. The van der Waals surface area contributed by atoms with Crippen LogP contribution in [0.5, 0.6) is 5.75 Å². The van der Waals surface area contributed by atoms with Crippen molar-refractivity contribution in [2.45, 2.75) is 25.4 Å². The fraction of sp³-hybridized carbons (Fsp3) is 0.148. The minimum atomic E-state index is -1.01. The van der Waals surface area contributed by atoms with Gasteiger partial charge in [-0.3, -0.25) is 4.57 Å². The molecule has 1 saturated carbocycles. The third-order valence-corrected chi connectivity index (χ3v) is 6.90. The van der Waals surface area contributed by atoms with Crippen LogP contribution in [0.25, 0.3) is 28.0 Å². The number of carboxylic acid groups (broad SMARTS) is 1. The van der Waals surface area contributed by atoms with Crippen LogP contribution in [0, 0.1) is 0 Å². The molecular formula is C27H19Cl2N3O4. The van der Waals surface area contributed by atoms with Crippen LogP contribution in [0.3, 0.4) is 0 Å². The second-order valence-corrected chi connectivity index (χ2v) is 9.43. The number of rotatable bonds is 7. The summed E-state index contributed by atoms with van der Waals surface area (Å²) in [6.45, 7) is 0.252. The van der Waals surface area contributed by atoms with Crippen LogP contribution in [0.4, 0.5) is 0 Å². The van der Waals surface area contributed by atoms with Gasteiger partial charge in [-0.15, -0.1) is 0 Å². The van der Waals surface area contributed by atoms with Crippen LogP contribution < -0.4 is 4.74 Å². The number of hydrogen-bond donors (Lipinski definition) is 1. The summed E-state index contributed by atoms with van der Waals surface area (Å²) in [5.41, 5.74) is 4.24. The molecule has 0 amide bonds. The zero-order valence-corrected chi connectivity index (χ0v) is 20.3. The topological polar surface area (TPSA) is 90.4 Å². The van der Waals surface area contributed by atoms with Gasteiger partial charge in [0.1, 0.15) is 35.7 Å². The molecule has 3 aromatic carbocycles. The molecule has 0 saturated heterocycles. The Balaban J connectivity index is 1.27. The van der Waals surface area contributed by atoms with Gasteiger partial charge >= 0.3 is 5.97 Å². The van der Waals surface area contributed by atoms with E-state index >= 15 is 0 Å². The second-order valence-electron chi connectivity index (χ2n) is 8.62. The largest absolute Gasteiger partial charge is 0.489 e. The Bertz CT molecular complexity index is 1580. The van der Waals surface area contributed by atoms with E-state index < -0.39 is 5.97 Å². The van der Waals surface area contributed by atoms with Crippen molar-refractivity contribution in [1.29, 1.82) is 0 Å². The van der Waals surface area contributed by atoms with E-state index in [9.17, 15) is 9.90 Å². The van der Waals surface area contributed by atoms with Crippen molar-refractivity contribution in [3.8, 4) is 22.7 Å². The molecule has 2 heterocycles. The van der Waals surface area contributed by atoms with E-state index in [-0.39, 0.29) is 12.2 Å². The summed E-state index contributed by atoms with van der Waals surface area (Å²) in [7, 11) is 0. The Hall–Kier alpha value is -3.81. The summed E-state index contributed by atoms with van der Waals surface area (Å²) in [4.78, 5) is 15.8. The smallest absolute Gasteiger partial charge is 0.337 e. The summed E-state index contributed by atoms with van der Waals surface area (Å²) in [5.74, 6) is 0.801. The van der Waals surface area contributed by atoms with Crippen LogP contribution in [-0.4, -0.2) is 25.8 Å². The van der Waals surface area contributed by atoms with Gasteiger partial charge in [-0.1, -0.05) is 40.5 Å². The highest BCUT2D eigenvalue weighted by molar-refractivity contribution is 6.39. The molecular weight excluding hydrogens is 501 g/mol. The van der Waals surface area contributed by atoms with Crippen molar-refractivity contribution in [3.63, 3.8) is 0 Å². The molecule has 36 heavy (non-hydrogen) atoms. The van der Waals surface area contributed by atoms with Gasteiger partial charge in [-0.05, 0) is 61.4 Å². The fourth-order valence-corrected chi connectivity index (χ4v) is 4.90. The number of nitrogens with zero attached hydrogens (tertiary/aromatic N) is 3. The van der Waals surface area contributed by atoms with Crippen LogP contribution in [0.1, 0.15) is 40.4 Å². The van der Waals surface area contributed by atoms with Gasteiger partial charge in [0.25, 0.3) is 0 Å². The maximum absolute atomic E-state index is 11.5. The molecule has 0 bridgehead atoms. The van der Waals surface area contributed by atoms with Gasteiger partial charge in [-0.25, -0.2) is 9.78 Å². The normalized spacial score (nSPS) is 13.3. The zero-order chi connectivity index (χ0) is 24.8. The Morgan fingerprint density at radius 3 is 2.47 bits per heavy atom. The first kappa shape index (κ1) is 22.6. The standard InChI is InChI=1S/C27H19Cl2N3O4/c28-20-4-2-5-21(29)23(20)25-19(26(36-31-25)15-7-8-15)13-35-17-11-9-16(10-12-17)32-14-30-24-18(27(33)34)3-1-6-22(24)32/h1-6,9-12,14-15H,7-8,13H2,(H,33,34). The van der Waals surface area contributed by atoms with Crippen LogP contribution >= 0.6 is 23.2 Å². The average molecular weight is 520 g/mol. The number of fused-ring (bicyclic) bond motifs is 1. The third-order valence-electron chi connectivity index (χ3n) is 6.27. The molecule has 6 rings (SSSR count). The molecule has 0 unspecified atom stereocenters. The van der Waals surface area contributed by atoms with E-state index in [0.29, 0.717) is 44.0 Å². The molecule has 1 N–H and O–H groups in total. The zero-order valence-electron chi connectivity index (χ0n) is 18.8. The highest BCUT2D eigenvalue weighted by Crippen LogP contribution is 2.46. The highest BCUT2D eigenvalue weighted by atomic mass is 35.5. The first-order valence-corrected chi connectivity index (χ1v) is 12.1. The lowest BCUT2D eigenvalue weighted by molar-refractivity contribution is 0.0699. The molecule has 9 heteroatoms. The predicted octanol–water partition coefficient (Wildman–Crippen LogP) is 7.14.